The van der Waals surface area contributed by atoms with E-state index in [0.29, 0.717) is 0 Å². The Morgan fingerprint density at radius 1 is 1.20 bits per heavy atom. The van der Waals surface area contributed by atoms with Crippen molar-refractivity contribution in [2.24, 2.45) is 0 Å². The van der Waals surface area contributed by atoms with E-state index in [2.05, 4.69) is 12.2 Å². The van der Waals surface area contributed by atoms with Crippen molar-refractivity contribution in [3.05, 3.63) is 0 Å². The Hall–Kier alpha value is -0.860. The zero-order valence-corrected chi connectivity index (χ0v) is 9.92. The minimum Gasteiger partial charge on any atom is -0.347 e. The van der Waals surface area contributed by atoms with Crippen LogP contribution in [-0.4, -0.2) is 18.2 Å². The second-order valence-corrected chi connectivity index (χ2v) is 4.00. The lowest BCUT2D eigenvalue weighted by Gasteiger charge is -2.10. The third kappa shape index (κ3) is 9.44. The van der Waals surface area contributed by atoms with Gasteiger partial charge in [0.25, 0.3) is 0 Å². The van der Waals surface area contributed by atoms with Crippen molar-refractivity contribution in [3.8, 4) is 0 Å². The molecule has 0 aliphatic rings. The molecule has 0 saturated heterocycles. The van der Waals surface area contributed by atoms with Crippen LogP contribution in [0.2, 0.25) is 0 Å². The molecule has 88 valence electrons. The minimum absolute atomic E-state index is 0.127. The van der Waals surface area contributed by atoms with Crippen LogP contribution in [0.1, 0.15) is 58.8 Å². The first-order valence-corrected chi connectivity index (χ1v) is 5.93. The fourth-order valence-corrected chi connectivity index (χ4v) is 1.58. The molecule has 15 heavy (non-hydrogen) atoms. The van der Waals surface area contributed by atoms with Gasteiger partial charge in [-0.1, -0.05) is 45.4 Å². The number of unbranched alkanes of at least 4 members (excludes halogenated alkanes) is 5. The van der Waals surface area contributed by atoms with Crippen LogP contribution >= 0.6 is 0 Å². The lowest BCUT2D eigenvalue weighted by atomic mass is 10.1. The number of rotatable bonds is 9. The first-order valence-electron chi connectivity index (χ1n) is 5.93. The van der Waals surface area contributed by atoms with E-state index < -0.39 is 0 Å². The molecule has 0 bridgehead atoms. The number of amides is 1. The van der Waals surface area contributed by atoms with Crippen molar-refractivity contribution in [1.29, 1.82) is 0 Å². The Morgan fingerprint density at radius 3 is 2.33 bits per heavy atom. The van der Waals surface area contributed by atoms with Crippen molar-refractivity contribution in [2.75, 3.05) is 0 Å². The van der Waals surface area contributed by atoms with Crippen LogP contribution in [-0.2, 0) is 9.59 Å². The Kier molecular flexibility index (Phi) is 9.13. The van der Waals surface area contributed by atoms with Gasteiger partial charge >= 0.3 is 0 Å². The second kappa shape index (κ2) is 9.69. The molecule has 0 saturated carbocycles. The van der Waals surface area contributed by atoms with E-state index in [9.17, 15) is 9.59 Å². The summed E-state index contributed by atoms with van der Waals surface area (Å²) in [6.07, 6.45) is 8.84. The Labute approximate surface area is 92.6 Å². The molecule has 3 heteroatoms. The van der Waals surface area contributed by atoms with Crippen LogP contribution < -0.4 is 5.32 Å². The Balaban J connectivity index is 3.38. The minimum atomic E-state index is -0.284. The molecule has 1 amide bonds. The molecule has 0 rings (SSSR count). The predicted octanol–water partition coefficient (Wildman–Crippen LogP) is 2.44. The SMILES string of the molecule is CCCCCCCCC(C=O)NC(C)=O. The molecule has 0 aromatic rings. The molecule has 1 unspecified atom stereocenters. The average Bonchev–Trinajstić information content (AvgIpc) is 2.20. The molecule has 0 aromatic carbocycles. The average molecular weight is 213 g/mol. The summed E-state index contributed by atoms with van der Waals surface area (Å²) >= 11 is 0. The van der Waals surface area contributed by atoms with Gasteiger partial charge in [0.2, 0.25) is 5.91 Å². The molecule has 0 radical (unpaired) electrons. The smallest absolute Gasteiger partial charge is 0.217 e. The molecule has 0 aliphatic carbocycles. The van der Waals surface area contributed by atoms with Gasteiger partial charge in [0.05, 0.1) is 6.04 Å². The van der Waals surface area contributed by atoms with Crippen LogP contribution in [0.25, 0.3) is 0 Å². The molecule has 0 heterocycles. The highest BCUT2D eigenvalue weighted by molar-refractivity contribution is 5.77. The lowest BCUT2D eigenvalue weighted by molar-refractivity contribution is -0.122. The monoisotopic (exact) mass is 213 g/mol. The van der Waals surface area contributed by atoms with E-state index >= 15 is 0 Å². The van der Waals surface area contributed by atoms with E-state index in [1.807, 2.05) is 0 Å². The summed E-state index contributed by atoms with van der Waals surface area (Å²) in [5.74, 6) is -0.127. The van der Waals surface area contributed by atoms with Gasteiger partial charge in [-0.05, 0) is 6.42 Å². The van der Waals surface area contributed by atoms with Gasteiger partial charge in [0, 0.05) is 6.92 Å². The number of aldehydes is 1. The molecule has 0 aliphatic heterocycles. The zero-order chi connectivity index (χ0) is 11.5. The summed E-state index contributed by atoms with van der Waals surface area (Å²) in [6, 6.07) is -0.284. The highest BCUT2D eigenvalue weighted by Crippen LogP contribution is 2.07. The van der Waals surface area contributed by atoms with Crippen LogP contribution in [0, 0.1) is 0 Å². The molecule has 0 spiro atoms. The topological polar surface area (TPSA) is 46.2 Å². The first kappa shape index (κ1) is 14.1. The number of hydrogen-bond acceptors (Lipinski definition) is 2. The van der Waals surface area contributed by atoms with Crippen molar-refractivity contribution in [3.63, 3.8) is 0 Å². The van der Waals surface area contributed by atoms with Crippen molar-refractivity contribution >= 4 is 12.2 Å². The van der Waals surface area contributed by atoms with E-state index in [0.717, 1.165) is 25.5 Å². The van der Waals surface area contributed by atoms with Crippen LogP contribution in [0.5, 0.6) is 0 Å². The van der Waals surface area contributed by atoms with Gasteiger partial charge in [-0.2, -0.15) is 0 Å². The Morgan fingerprint density at radius 2 is 1.80 bits per heavy atom. The maximum absolute atomic E-state index is 10.7. The summed E-state index contributed by atoms with van der Waals surface area (Å²) in [5.41, 5.74) is 0. The van der Waals surface area contributed by atoms with Gasteiger partial charge in [0.15, 0.2) is 0 Å². The number of carbonyl (C=O) groups excluding carboxylic acids is 2. The number of hydrogen-bond donors (Lipinski definition) is 1. The largest absolute Gasteiger partial charge is 0.347 e. The summed E-state index contributed by atoms with van der Waals surface area (Å²) < 4.78 is 0. The highest BCUT2D eigenvalue weighted by atomic mass is 16.2. The number of carbonyl (C=O) groups is 2. The summed E-state index contributed by atoms with van der Waals surface area (Å²) in [5, 5.41) is 2.62. The maximum atomic E-state index is 10.7. The lowest BCUT2D eigenvalue weighted by Crippen LogP contribution is -2.34. The van der Waals surface area contributed by atoms with Gasteiger partial charge in [0.1, 0.15) is 6.29 Å². The Bertz CT molecular complexity index is 180. The summed E-state index contributed by atoms with van der Waals surface area (Å²) in [6.45, 7) is 3.64. The van der Waals surface area contributed by atoms with Crippen LogP contribution in [0.15, 0.2) is 0 Å². The standard InChI is InChI=1S/C12H23NO2/c1-3-4-5-6-7-8-9-12(10-14)13-11(2)15/h10,12H,3-9H2,1-2H3,(H,13,15). The van der Waals surface area contributed by atoms with Crippen molar-refractivity contribution < 1.29 is 9.59 Å². The second-order valence-electron chi connectivity index (χ2n) is 4.00. The van der Waals surface area contributed by atoms with Crippen molar-refractivity contribution in [2.45, 2.75) is 64.8 Å². The molecule has 1 atom stereocenters. The van der Waals surface area contributed by atoms with E-state index in [-0.39, 0.29) is 11.9 Å². The third-order valence-electron chi connectivity index (χ3n) is 2.42. The summed E-state index contributed by atoms with van der Waals surface area (Å²) in [7, 11) is 0. The molecule has 0 aromatic heterocycles. The van der Waals surface area contributed by atoms with E-state index in [1.165, 1.54) is 32.6 Å². The molecular formula is C12H23NO2. The van der Waals surface area contributed by atoms with Crippen LogP contribution in [0.4, 0.5) is 0 Å². The molecule has 3 nitrogen and oxygen atoms in total. The van der Waals surface area contributed by atoms with Gasteiger partial charge in [-0.3, -0.25) is 4.79 Å². The van der Waals surface area contributed by atoms with Crippen LogP contribution in [0.3, 0.4) is 0 Å². The van der Waals surface area contributed by atoms with Gasteiger partial charge in [-0.15, -0.1) is 0 Å². The highest BCUT2D eigenvalue weighted by Gasteiger charge is 2.06. The predicted molar refractivity (Wildman–Crippen MR) is 61.7 cm³/mol. The van der Waals surface area contributed by atoms with E-state index in [1.54, 1.807) is 0 Å². The zero-order valence-electron chi connectivity index (χ0n) is 9.92. The fourth-order valence-electron chi connectivity index (χ4n) is 1.58. The summed E-state index contributed by atoms with van der Waals surface area (Å²) in [4.78, 5) is 21.3. The third-order valence-corrected chi connectivity index (χ3v) is 2.42. The van der Waals surface area contributed by atoms with E-state index in [4.69, 9.17) is 0 Å². The maximum Gasteiger partial charge on any atom is 0.217 e. The van der Waals surface area contributed by atoms with Crippen molar-refractivity contribution in [1.82, 2.24) is 5.32 Å². The normalized spacial score (nSPS) is 12.1. The molecule has 1 N–H and O–H groups in total. The van der Waals surface area contributed by atoms with Gasteiger partial charge in [-0.25, -0.2) is 0 Å². The van der Waals surface area contributed by atoms with Gasteiger partial charge < -0.3 is 10.1 Å². The molecular weight excluding hydrogens is 190 g/mol. The first-order chi connectivity index (χ1) is 7.20. The fraction of sp³-hybridized carbons (Fsp3) is 0.833. The quantitative estimate of drug-likeness (QED) is 0.472. The molecule has 0 fully saturated rings. The number of nitrogens with one attached hydrogen (secondary N) is 1.